The molecule has 8 aromatic carbocycles. The fourth-order valence-electron chi connectivity index (χ4n) is 13.6. The summed E-state index contributed by atoms with van der Waals surface area (Å²) in [5, 5.41) is 2.79. The van der Waals surface area contributed by atoms with Crippen LogP contribution in [0.2, 0.25) is 0 Å². The van der Waals surface area contributed by atoms with Crippen molar-refractivity contribution in [3.8, 4) is 33.4 Å². The minimum Gasteiger partial charge on any atom is -0.337 e. The average molecular weight is 903 g/mol. The van der Waals surface area contributed by atoms with Crippen molar-refractivity contribution in [3.63, 3.8) is 0 Å². The minimum atomic E-state index is 0.242. The molecule has 1 aromatic heterocycles. The summed E-state index contributed by atoms with van der Waals surface area (Å²) in [5.41, 5.74) is 20.2. The number of fused-ring (bicyclic) bond motifs is 13. The van der Waals surface area contributed by atoms with Crippen molar-refractivity contribution in [1.82, 2.24) is 0 Å². The predicted molar refractivity (Wildman–Crippen MR) is 289 cm³/mol. The van der Waals surface area contributed by atoms with Gasteiger partial charge in [0.05, 0.1) is 6.04 Å². The third kappa shape index (κ3) is 6.23. The smallest absolute Gasteiger partial charge is 0.0666 e. The summed E-state index contributed by atoms with van der Waals surface area (Å²) < 4.78 is 2.78. The van der Waals surface area contributed by atoms with E-state index in [1.165, 1.54) is 110 Å². The second-order valence-corrected chi connectivity index (χ2v) is 21.4. The molecule has 7 unspecified atom stereocenters. The molecule has 330 valence electrons. The summed E-state index contributed by atoms with van der Waals surface area (Å²) in [5.74, 6) is 2.31. The standard InChI is InChI=1S/C66H50N2S/c1-4-14-41(15-5-1)49-32-50(42-16-6-2-7-17-42)34-52(33-49)68-62-29-25-44(36-56(62)60-40-48-19-11-13-23-54(48)66(60)68)46-27-31-64-58(38-46)57-37-45(26-30-63(57)69-64)43-24-28-61-55(35-43)59-39-47-18-10-12-22-53(47)65(59)67(61)51-20-8-3-9-21-51/h1-26,28-38,46-47,53,59-60,65-66H,27,39-40H2. The van der Waals surface area contributed by atoms with Gasteiger partial charge in [-0.3, -0.25) is 0 Å². The van der Waals surface area contributed by atoms with Gasteiger partial charge in [0, 0.05) is 67.1 Å². The van der Waals surface area contributed by atoms with Gasteiger partial charge in [-0.15, -0.1) is 11.3 Å². The lowest BCUT2D eigenvalue weighted by molar-refractivity contribution is 0.499. The number of anilines is 4. The van der Waals surface area contributed by atoms with Crippen molar-refractivity contribution in [2.75, 3.05) is 9.80 Å². The predicted octanol–water partition coefficient (Wildman–Crippen LogP) is 15.5. The van der Waals surface area contributed by atoms with Crippen molar-refractivity contribution >= 4 is 56.3 Å². The second kappa shape index (κ2) is 15.5. The Morgan fingerprint density at radius 3 is 1.99 bits per heavy atom. The molecule has 69 heavy (non-hydrogen) atoms. The molecule has 3 heterocycles. The summed E-state index contributed by atoms with van der Waals surface area (Å²) in [7, 11) is 0. The molecular weight excluding hydrogens is 853 g/mol. The Labute approximate surface area is 408 Å². The Bertz CT molecular complexity index is 3660. The quantitative estimate of drug-likeness (QED) is 0.164. The Balaban J connectivity index is 0.808. The van der Waals surface area contributed by atoms with Gasteiger partial charge in [-0.1, -0.05) is 164 Å². The molecule has 4 aliphatic carbocycles. The molecule has 1 saturated carbocycles. The number of allylic oxidation sites excluding steroid dienone is 3. The van der Waals surface area contributed by atoms with E-state index in [9.17, 15) is 0 Å². The van der Waals surface area contributed by atoms with Crippen LogP contribution in [0.15, 0.2) is 212 Å². The molecule has 0 radical (unpaired) electrons. The van der Waals surface area contributed by atoms with E-state index in [0.29, 0.717) is 35.6 Å². The molecule has 0 N–H and O–H groups in total. The van der Waals surface area contributed by atoms with Crippen molar-refractivity contribution in [2.24, 2.45) is 11.8 Å². The van der Waals surface area contributed by atoms with Crippen molar-refractivity contribution in [1.29, 1.82) is 0 Å². The number of rotatable bonds is 6. The molecule has 9 aromatic rings. The van der Waals surface area contributed by atoms with Gasteiger partial charge < -0.3 is 9.80 Å². The van der Waals surface area contributed by atoms with Crippen molar-refractivity contribution < 1.29 is 0 Å². The number of thiophene rings is 1. The number of hydrogen-bond donors (Lipinski definition) is 0. The number of nitrogens with zero attached hydrogens (tertiary/aromatic N) is 2. The average Bonchev–Trinajstić information content (AvgIpc) is 4.23. The van der Waals surface area contributed by atoms with E-state index in [1.807, 2.05) is 11.3 Å². The number of para-hydroxylation sites is 1. The van der Waals surface area contributed by atoms with Gasteiger partial charge in [0.2, 0.25) is 0 Å². The summed E-state index contributed by atoms with van der Waals surface area (Å²) in [6.45, 7) is 0. The third-order valence-electron chi connectivity index (χ3n) is 16.7. The Morgan fingerprint density at radius 2 is 1.17 bits per heavy atom. The summed E-state index contributed by atoms with van der Waals surface area (Å²) in [6, 6.07) is 72.1. The fourth-order valence-corrected chi connectivity index (χ4v) is 14.7. The first-order valence-corrected chi connectivity index (χ1v) is 25.9. The number of benzene rings is 8. The molecule has 0 bridgehead atoms. The maximum atomic E-state index is 2.68. The van der Waals surface area contributed by atoms with E-state index < -0.39 is 0 Å². The van der Waals surface area contributed by atoms with E-state index in [1.54, 1.807) is 0 Å². The molecule has 0 spiro atoms. The van der Waals surface area contributed by atoms with Crippen molar-refractivity contribution in [3.05, 3.63) is 250 Å². The van der Waals surface area contributed by atoms with Crippen LogP contribution in [0.3, 0.4) is 0 Å². The molecule has 2 aliphatic heterocycles. The highest BCUT2D eigenvalue weighted by Gasteiger charge is 2.51. The van der Waals surface area contributed by atoms with Gasteiger partial charge in [0.25, 0.3) is 0 Å². The van der Waals surface area contributed by atoms with E-state index in [-0.39, 0.29) is 6.04 Å². The van der Waals surface area contributed by atoms with E-state index in [2.05, 4.69) is 234 Å². The first-order valence-electron chi connectivity index (χ1n) is 25.0. The van der Waals surface area contributed by atoms with Crippen LogP contribution in [0.4, 0.5) is 22.7 Å². The number of hydrogen-bond acceptors (Lipinski definition) is 3. The monoisotopic (exact) mass is 902 g/mol. The van der Waals surface area contributed by atoms with Crippen LogP contribution in [0, 0.1) is 11.8 Å². The summed E-state index contributed by atoms with van der Waals surface area (Å²) in [6.07, 6.45) is 17.9. The van der Waals surface area contributed by atoms with E-state index >= 15 is 0 Å². The van der Waals surface area contributed by atoms with Crippen LogP contribution >= 0.6 is 11.3 Å². The molecule has 0 amide bonds. The van der Waals surface area contributed by atoms with Gasteiger partial charge in [-0.25, -0.2) is 0 Å². The van der Waals surface area contributed by atoms with Crippen molar-refractivity contribution in [2.45, 2.75) is 49.1 Å². The maximum Gasteiger partial charge on any atom is 0.0666 e. The first kappa shape index (κ1) is 39.5. The largest absolute Gasteiger partial charge is 0.337 e. The Hall–Kier alpha value is -7.46. The second-order valence-electron chi connectivity index (χ2n) is 20.3. The highest BCUT2D eigenvalue weighted by atomic mass is 32.1. The van der Waals surface area contributed by atoms with Crippen LogP contribution in [-0.2, 0) is 6.42 Å². The Kier molecular flexibility index (Phi) is 8.90. The third-order valence-corrected chi connectivity index (χ3v) is 17.9. The molecule has 2 nitrogen and oxygen atoms in total. The van der Waals surface area contributed by atoms with Gasteiger partial charge >= 0.3 is 0 Å². The molecule has 7 atom stereocenters. The lowest BCUT2D eigenvalue weighted by Crippen LogP contribution is -2.33. The zero-order chi connectivity index (χ0) is 45.2. The molecule has 6 aliphatic rings. The molecule has 15 rings (SSSR count). The molecule has 3 heteroatoms. The van der Waals surface area contributed by atoms with Crippen LogP contribution in [0.25, 0.3) is 55.6 Å². The fraction of sp³-hybridized carbons (Fsp3) is 0.152. The van der Waals surface area contributed by atoms with Crippen LogP contribution in [-0.4, -0.2) is 6.04 Å². The normalized spacial score (nSPS) is 23.1. The SMILES string of the molecule is C1=CC2CC3c4cc(-c5ccc6sc7c(c6c5)=CC(c5ccc6c(c5)C5Cc8ccccc8C5N6c5cc(-c6ccccc6)cc(-c6ccccc6)c5)CC=7)ccc4N(c4ccccc4)C3C2C=C1. The molecule has 1 fully saturated rings. The zero-order valence-electron chi connectivity index (χ0n) is 38.3. The molecular formula is C66H50N2S. The maximum absolute atomic E-state index is 2.68. The van der Waals surface area contributed by atoms with Gasteiger partial charge in [0.15, 0.2) is 0 Å². The first-order chi connectivity index (χ1) is 34.2. The Morgan fingerprint density at radius 1 is 0.493 bits per heavy atom. The zero-order valence-corrected chi connectivity index (χ0v) is 39.1. The van der Waals surface area contributed by atoms with Crippen LogP contribution < -0.4 is 19.6 Å². The van der Waals surface area contributed by atoms with Crippen LogP contribution in [0.1, 0.15) is 64.5 Å². The highest BCUT2D eigenvalue weighted by Crippen LogP contribution is 2.60. The van der Waals surface area contributed by atoms with Crippen LogP contribution in [0.5, 0.6) is 0 Å². The van der Waals surface area contributed by atoms with Gasteiger partial charge in [0.1, 0.15) is 0 Å². The van der Waals surface area contributed by atoms with Gasteiger partial charge in [-0.05, 0) is 152 Å². The summed E-state index contributed by atoms with van der Waals surface area (Å²) >= 11 is 1.95. The minimum absolute atomic E-state index is 0.242. The molecule has 0 saturated heterocycles. The van der Waals surface area contributed by atoms with E-state index in [0.717, 1.165) is 12.8 Å². The van der Waals surface area contributed by atoms with E-state index in [4.69, 9.17) is 0 Å². The lowest BCUT2D eigenvalue weighted by atomic mass is 9.87. The van der Waals surface area contributed by atoms with Gasteiger partial charge in [-0.2, -0.15) is 0 Å². The lowest BCUT2D eigenvalue weighted by Gasteiger charge is -2.32. The summed E-state index contributed by atoms with van der Waals surface area (Å²) in [4.78, 5) is 5.35. The topological polar surface area (TPSA) is 6.48 Å². The highest BCUT2D eigenvalue weighted by molar-refractivity contribution is 7.17.